The minimum Gasteiger partial charge on any atom is -0.486 e. The van der Waals surface area contributed by atoms with E-state index in [-0.39, 0.29) is 17.7 Å². The summed E-state index contributed by atoms with van der Waals surface area (Å²) < 4.78 is 11.2. The van der Waals surface area contributed by atoms with Gasteiger partial charge in [0, 0.05) is 17.0 Å². The molecule has 1 atom stereocenters. The lowest BCUT2D eigenvalue weighted by molar-refractivity contribution is -0.138. The van der Waals surface area contributed by atoms with Gasteiger partial charge in [-0.1, -0.05) is 19.1 Å². The lowest BCUT2D eigenvalue weighted by Crippen LogP contribution is -2.51. The third-order valence-electron chi connectivity index (χ3n) is 6.42. The maximum Gasteiger partial charge on any atom is 0.265 e. The fourth-order valence-corrected chi connectivity index (χ4v) is 5.34. The van der Waals surface area contributed by atoms with Crippen LogP contribution in [0.3, 0.4) is 0 Å². The summed E-state index contributed by atoms with van der Waals surface area (Å²) in [5, 5.41) is 5.38. The highest BCUT2D eigenvalue weighted by molar-refractivity contribution is 7.17. The standard InChI is InChI=1S/C26H24N2O5S/c1-2-26(12-11-23(29)28-25(26)31)17-4-6-18(7-5-17)27-24(30)22-10-9-21(34-22)16-3-8-19-20(15-16)33-14-13-32-19/h3-10,15H,2,11-14H2,1H3,(H,27,30)(H,28,29,31). The van der Waals surface area contributed by atoms with Crippen molar-refractivity contribution in [2.75, 3.05) is 18.5 Å². The van der Waals surface area contributed by atoms with E-state index in [4.69, 9.17) is 9.47 Å². The molecule has 1 saturated heterocycles. The van der Waals surface area contributed by atoms with E-state index in [0.717, 1.165) is 21.8 Å². The summed E-state index contributed by atoms with van der Waals surface area (Å²) in [6.07, 6.45) is 1.40. The molecular formula is C26H24N2O5S. The van der Waals surface area contributed by atoms with Crippen molar-refractivity contribution in [2.45, 2.75) is 31.6 Å². The SMILES string of the molecule is CCC1(c2ccc(NC(=O)c3ccc(-c4ccc5c(c4)OCCO5)s3)cc2)CCC(=O)NC1=O. The van der Waals surface area contributed by atoms with Gasteiger partial charge in [-0.3, -0.25) is 19.7 Å². The number of anilines is 1. The summed E-state index contributed by atoms with van der Waals surface area (Å²) in [5.74, 6) is 0.754. The van der Waals surface area contributed by atoms with E-state index in [1.165, 1.54) is 11.3 Å². The van der Waals surface area contributed by atoms with Gasteiger partial charge in [-0.25, -0.2) is 0 Å². The van der Waals surface area contributed by atoms with E-state index in [1.807, 2.05) is 43.3 Å². The molecule has 5 rings (SSSR count). The number of amides is 3. The highest BCUT2D eigenvalue weighted by Gasteiger charge is 2.42. The molecule has 0 saturated carbocycles. The highest BCUT2D eigenvalue weighted by Crippen LogP contribution is 2.38. The van der Waals surface area contributed by atoms with Gasteiger partial charge in [0.25, 0.3) is 5.91 Å². The number of piperidine rings is 1. The van der Waals surface area contributed by atoms with E-state index in [9.17, 15) is 14.4 Å². The first-order valence-electron chi connectivity index (χ1n) is 11.2. The van der Waals surface area contributed by atoms with Gasteiger partial charge < -0.3 is 14.8 Å². The number of nitrogens with one attached hydrogen (secondary N) is 2. The smallest absolute Gasteiger partial charge is 0.265 e. The van der Waals surface area contributed by atoms with Crippen LogP contribution in [0.5, 0.6) is 11.5 Å². The first kappa shape index (κ1) is 22.2. The van der Waals surface area contributed by atoms with Gasteiger partial charge in [0.15, 0.2) is 11.5 Å². The number of imide groups is 1. The number of carbonyl (C=O) groups excluding carboxylic acids is 3. The quantitative estimate of drug-likeness (QED) is 0.528. The number of thiophene rings is 1. The Morgan fingerprint density at radius 1 is 1.03 bits per heavy atom. The number of carbonyl (C=O) groups is 3. The van der Waals surface area contributed by atoms with Crippen molar-refractivity contribution >= 4 is 34.7 Å². The fourth-order valence-electron chi connectivity index (χ4n) is 4.44. The molecule has 1 aromatic heterocycles. The molecule has 0 spiro atoms. The minimum atomic E-state index is -0.720. The second-order valence-corrected chi connectivity index (χ2v) is 9.45. The number of hydrogen-bond donors (Lipinski definition) is 2. The van der Waals surface area contributed by atoms with Crippen LogP contribution in [0.1, 0.15) is 41.4 Å². The molecule has 8 heteroatoms. The summed E-state index contributed by atoms with van der Waals surface area (Å²) in [6.45, 7) is 3.01. The Morgan fingerprint density at radius 3 is 2.53 bits per heavy atom. The Labute approximate surface area is 201 Å². The number of ether oxygens (including phenoxy) is 2. The zero-order chi connectivity index (χ0) is 23.7. The van der Waals surface area contributed by atoms with Crippen molar-refractivity contribution < 1.29 is 23.9 Å². The molecule has 3 aromatic rings. The van der Waals surface area contributed by atoms with Gasteiger partial charge >= 0.3 is 0 Å². The van der Waals surface area contributed by atoms with Gasteiger partial charge in [-0.2, -0.15) is 0 Å². The van der Waals surface area contributed by atoms with Crippen molar-refractivity contribution in [2.24, 2.45) is 0 Å². The van der Waals surface area contributed by atoms with Crippen molar-refractivity contribution in [3.05, 3.63) is 65.0 Å². The Kier molecular flexibility index (Phi) is 5.83. The maximum atomic E-state index is 12.8. The van der Waals surface area contributed by atoms with Crippen LogP contribution in [0, 0.1) is 0 Å². The molecule has 3 amide bonds. The maximum absolute atomic E-state index is 12.8. The molecule has 2 aromatic carbocycles. The normalized spacial score (nSPS) is 19.4. The number of rotatable bonds is 5. The third kappa shape index (κ3) is 4.05. The molecule has 174 valence electrons. The summed E-state index contributed by atoms with van der Waals surface area (Å²) >= 11 is 1.40. The average molecular weight is 477 g/mol. The Bertz CT molecular complexity index is 1270. The monoisotopic (exact) mass is 476 g/mol. The molecule has 2 aliphatic rings. The van der Waals surface area contributed by atoms with Crippen LogP contribution < -0.4 is 20.1 Å². The molecule has 7 nitrogen and oxygen atoms in total. The van der Waals surface area contributed by atoms with Gasteiger partial charge in [0.1, 0.15) is 13.2 Å². The van der Waals surface area contributed by atoms with Gasteiger partial charge in [0.05, 0.1) is 10.3 Å². The highest BCUT2D eigenvalue weighted by atomic mass is 32.1. The molecular weight excluding hydrogens is 452 g/mol. The number of fused-ring (bicyclic) bond motifs is 1. The van der Waals surface area contributed by atoms with Crippen LogP contribution in [0.2, 0.25) is 0 Å². The van der Waals surface area contributed by atoms with Crippen LogP contribution >= 0.6 is 11.3 Å². The van der Waals surface area contributed by atoms with Gasteiger partial charge in [-0.05, 0) is 66.4 Å². The molecule has 0 aliphatic carbocycles. The molecule has 1 unspecified atom stereocenters. The summed E-state index contributed by atoms with van der Waals surface area (Å²) in [4.78, 5) is 38.6. The topological polar surface area (TPSA) is 93.7 Å². The lowest BCUT2D eigenvalue weighted by Gasteiger charge is -2.35. The predicted octanol–water partition coefficient (Wildman–Crippen LogP) is 4.52. The van der Waals surface area contributed by atoms with E-state index in [2.05, 4.69) is 10.6 Å². The summed E-state index contributed by atoms with van der Waals surface area (Å²) in [6, 6.07) is 16.8. The molecule has 34 heavy (non-hydrogen) atoms. The van der Waals surface area contributed by atoms with Crippen LogP contribution in [-0.2, 0) is 15.0 Å². The van der Waals surface area contributed by atoms with Crippen LogP contribution in [0.4, 0.5) is 5.69 Å². The van der Waals surface area contributed by atoms with E-state index in [0.29, 0.717) is 48.8 Å². The Hall–Kier alpha value is -3.65. The molecule has 3 heterocycles. The van der Waals surface area contributed by atoms with Gasteiger partial charge in [0.2, 0.25) is 11.8 Å². The van der Waals surface area contributed by atoms with Crippen LogP contribution in [-0.4, -0.2) is 30.9 Å². The predicted molar refractivity (Wildman–Crippen MR) is 129 cm³/mol. The third-order valence-corrected chi connectivity index (χ3v) is 7.55. The summed E-state index contributed by atoms with van der Waals surface area (Å²) in [7, 11) is 0. The first-order valence-corrected chi connectivity index (χ1v) is 12.1. The number of benzene rings is 2. The zero-order valence-electron chi connectivity index (χ0n) is 18.7. The average Bonchev–Trinajstić information content (AvgIpc) is 3.35. The zero-order valence-corrected chi connectivity index (χ0v) is 19.5. The molecule has 0 bridgehead atoms. The van der Waals surface area contributed by atoms with Crippen molar-refractivity contribution in [1.29, 1.82) is 0 Å². The Balaban J connectivity index is 1.29. The second-order valence-electron chi connectivity index (χ2n) is 8.37. The van der Waals surface area contributed by atoms with E-state index in [1.54, 1.807) is 18.2 Å². The minimum absolute atomic E-state index is 0.201. The van der Waals surface area contributed by atoms with E-state index < -0.39 is 5.41 Å². The second kappa shape index (κ2) is 8.95. The molecule has 1 fully saturated rings. The Morgan fingerprint density at radius 2 is 1.79 bits per heavy atom. The number of hydrogen-bond acceptors (Lipinski definition) is 6. The van der Waals surface area contributed by atoms with Crippen molar-refractivity contribution in [3.63, 3.8) is 0 Å². The molecule has 2 N–H and O–H groups in total. The van der Waals surface area contributed by atoms with E-state index >= 15 is 0 Å². The molecule has 2 aliphatic heterocycles. The largest absolute Gasteiger partial charge is 0.486 e. The first-order chi connectivity index (χ1) is 16.5. The lowest BCUT2D eigenvalue weighted by atomic mass is 9.72. The van der Waals surface area contributed by atoms with Crippen LogP contribution in [0.25, 0.3) is 10.4 Å². The van der Waals surface area contributed by atoms with Gasteiger partial charge in [-0.15, -0.1) is 11.3 Å². The fraction of sp³-hybridized carbons (Fsp3) is 0.269. The van der Waals surface area contributed by atoms with Crippen molar-refractivity contribution in [3.8, 4) is 21.9 Å². The van der Waals surface area contributed by atoms with Crippen molar-refractivity contribution in [1.82, 2.24) is 5.32 Å². The van der Waals surface area contributed by atoms with Crippen LogP contribution in [0.15, 0.2) is 54.6 Å². The molecule has 0 radical (unpaired) electrons. The summed E-state index contributed by atoms with van der Waals surface area (Å²) in [5.41, 5.74) is 1.73.